The maximum Gasteiger partial charge on any atom is 0.321 e. The Morgan fingerprint density at radius 2 is 1.86 bits per heavy atom. The number of carbonyl (C=O) groups is 2. The van der Waals surface area contributed by atoms with Crippen molar-refractivity contribution in [3.8, 4) is 0 Å². The van der Waals surface area contributed by atoms with Gasteiger partial charge in [-0.25, -0.2) is 9.78 Å². The number of anilines is 1. The van der Waals surface area contributed by atoms with E-state index in [1.165, 1.54) is 0 Å². The van der Waals surface area contributed by atoms with Gasteiger partial charge in [0, 0.05) is 25.8 Å². The number of aryl methyl sites for hydroxylation is 1. The molecule has 29 heavy (non-hydrogen) atoms. The largest absolute Gasteiger partial charge is 0.349 e. The minimum absolute atomic E-state index is 0.0331. The molecule has 4 rings (SSSR count). The lowest BCUT2D eigenvalue weighted by Crippen LogP contribution is -2.46. The second-order valence-electron chi connectivity index (χ2n) is 7.37. The molecular weight excluding hydrogens is 366 g/mol. The van der Waals surface area contributed by atoms with E-state index in [0.29, 0.717) is 19.6 Å². The Kier molecular flexibility index (Phi) is 5.46. The minimum Gasteiger partial charge on any atom is -0.349 e. The molecule has 0 saturated carbocycles. The molecule has 1 aromatic heterocycles. The predicted molar refractivity (Wildman–Crippen MR) is 112 cm³/mol. The molecule has 2 N–H and O–H groups in total. The summed E-state index contributed by atoms with van der Waals surface area (Å²) in [6.45, 7) is 1.46. The molecule has 0 spiro atoms. The van der Waals surface area contributed by atoms with Gasteiger partial charge >= 0.3 is 6.03 Å². The monoisotopic (exact) mass is 391 g/mol. The van der Waals surface area contributed by atoms with E-state index >= 15 is 0 Å². The van der Waals surface area contributed by atoms with Crippen molar-refractivity contribution in [2.24, 2.45) is 13.0 Å². The van der Waals surface area contributed by atoms with Crippen LogP contribution < -0.4 is 10.6 Å². The summed E-state index contributed by atoms with van der Waals surface area (Å²) < 4.78 is 2.00. The molecule has 0 bridgehead atoms. The number of rotatable bonds is 4. The number of likely N-dealkylation sites (tertiary alicyclic amines) is 1. The standard InChI is InChI=1S/C22H25N5O2/c1-26-19-12-6-5-11-18(19)25-20(26)14-23-21(28)16-8-7-13-27(15-16)22(29)24-17-9-3-2-4-10-17/h2-6,9-12,16H,7-8,13-15H2,1H3,(H,23,28)(H,24,29)/t16-/m0/s1. The van der Waals surface area contributed by atoms with Crippen LogP contribution in [0.2, 0.25) is 0 Å². The maximum atomic E-state index is 12.7. The van der Waals surface area contributed by atoms with Gasteiger partial charge in [-0.1, -0.05) is 30.3 Å². The Morgan fingerprint density at radius 3 is 2.66 bits per heavy atom. The third-order valence-corrected chi connectivity index (χ3v) is 5.40. The first kappa shape index (κ1) is 19.0. The number of hydrogen-bond acceptors (Lipinski definition) is 3. The zero-order valence-electron chi connectivity index (χ0n) is 16.5. The van der Waals surface area contributed by atoms with Crippen LogP contribution in [0.15, 0.2) is 54.6 Å². The first-order valence-electron chi connectivity index (χ1n) is 9.91. The van der Waals surface area contributed by atoms with Crippen LogP contribution in [0.3, 0.4) is 0 Å². The Hall–Kier alpha value is -3.35. The van der Waals surface area contributed by atoms with Crippen molar-refractivity contribution < 1.29 is 9.59 Å². The fraction of sp³-hybridized carbons (Fsp3) is 0.318. The number of benzene rings is 2. The van der Waals surface area contributed by atoms with Crippen molar-refractivity contribution in [1.82, 2.24) is 19.8 Å². The first-order chi connectivity index (χ1) is 14.1. The van der Waals surface area contributed by atoms with Crippen molar-refractivity contribution in [3.05, 3.63) is 60.4 Å². The van der Waals surface area contributed by atoms with Gasteiger partial charge in [-0.15, -0.1) is 0 Å². The van der Waals surface area contributed by atoms with Crippen molar-refractivity contribution in [1.29, 1.82) is 0 Å². The Labute approximate surface area is 169 Å². The fourth-order valence-corrected chi connectivity index (χ4v) is 3.76. The summed E-state index contributed by atoms with van der Waals surface area (Å²) in [5, 5.41) is 5.89. The van der Waals surface area contributed by atoms with Gasteiger partial charge in [-0.2, -0.15) is 0 Å². The Balaban J connectivity index is 1.34. The van der Waals surface area contributed by atoms with Crippen LogP contribution in [-0.2, 0) is 18.4 Å². The van der Waals surface area contributed by atoms with E-state index in [0.717, 1.165) is 35.4 Å². The van der Waals surface area contributed by atoms with E-state index in [-0.39, 0.29) is 17.9 Å². The van der Waals surface area contributed by atoms with Crippen LogP contribution in [-0.4, -0.2) is 39.5 Å². The molecule has 3 aromatic rings. The number of fused-ring (bicyclic) bond motifs is 1. The fourth-order valence-electron chi connectivity index (χ4n) is 3.76. The predicted octanol–water partition coefficient (Wildman–Crippen LogP) is 3.13. The number of urea groups is 1. The number of aromatic nitrogens is 2. The molecule has 0 aliphatic carbocycles. The summed E-state index contributed by atoms with van der Waals surface area (Å²) in [5.74, 6) is 0.572. The van der Waals surface area contributed by atoms with Crippen LogP contribution in [0.4, 0.5) is 10.5 Å². The molecule has 1 aliphatic heterocycles. The molecular formula is C22H25N5O2. The molecule has 1 fully saturated rings. The molecule has 1 aliphatic rings. The zero-order chi connectivity index (χ0) is 20.2. The van der Waals surface area contributed by atoms with Crippen molar-refractivity contribution in [2.45, 2.75) is 19.4 Å². The van der Waals surface area contributed by atoms with Crippen LogP contribution in [0.25, 0.3) is 11.0 Å². The second-order valence-corrected chi connectivity index (χ2v) is 7.37. The van der Waals surface area contributed by atoms with E-state index in [1.807, 2.05) is 66.2 Å². The van der Waals surface area contributed by atoms with E-state index in [2.05, 4.69) is 15.6 Å². The molecule has 0 unspecified atom stereocenters. The zero-order valence-corrected chi connectivity index (χ0v) is 16.5. The maximum absolute atomic E-state index is 12.7. The third kappa shape index (κ3) is 4.23. The summed E-state index contributed by atoms with van der Waals surface area (Å²) in [4.78, 5) is 31.6. The van der Waals surface area contributed by atoms with Gasteiger partial charge in [0.25, 0.3) is 0 Å². The van der Waals surface area contributed by atoms with Gasteiger partial charge in [0.1, 0.15) is 5.82 Å². The van der Waals surface area contributed by atoms with E-state index < -0.39 is 0 Å². The average Bonchev–Trinajstić information content (AvgIpc) is 3.08. The van der Waals surface area contributed by atoms with E-state index in [9.17, 15) is 9.59 Å². The number of piperidine rings is 1. The van der Waals surface area contributed by atoms with Crippen molar-refractivity contribution in [3.63, 3.8) is 0 Å². The van der Waals surface area contributed by atoms with Gasteiger partial charge in [0.05, 0.1) is 23.5 Å². The quantitative estimate of drug-likeness (QED) is 0.717. The summed E-state index contributed by atoms with van der Waals surface area (Å²) in [7, 11) is 1.95. The molecule has 2 aromatic carbocycles. The van der Waals surface area contributed by atoms with E-state index in [4.69, 9.17) is 0 Å². The lowest BCUT2D eigenvalue weighted by molar-refractivity contribution is -0.126. The molecule has 0 radical (unpaired) electrons. The molecule has 7 heteroatoms. The third-order valence-electron chi connectivity index (χ3n) is 5.40. The first-order valence-corrected chi connectivity index (χ1v) is 9.91. The Bertz CT molecular complexity index is 1010. The minimum atomic E-state index is -0.208. The normalized spacial score (nSPS) is 16.6. The molecule has 1 saturated heterocycles. The summed E-state index contributed by atoms with van der Waals surface area (Å²) in [5.41, 5.74) is 2.71. The second kappa shape index (κ2) is 8.34. The van der Waals surface area contributed by atoms with Crippen LogP contribution in [0.1, 0.15) is 18.7 Å². The lowest BCUT2D eigenvalue weighted by atomic mass is 9.97. The van der Waals surface area contributed by atoms with Crippen LogP contribution in [0, 0.1) is 5.92 Å². The van der Waals surface area contributed by atoms with Gasteiger partial charge < -0.3 is 20.1 Å². The highest BCUT2D eigenvalue weighted by molar-refractivity contribution is 5.90. The van der Waals surface area contributed by atoms with Crippen molar-refractivity contribution in [2.75, 3.05) is 18.4 Å². The smallest absolute Gasteiger partial charge is 0.321 e. The SMILES string of the molecule is Cn1c(CNC(=O)[C@H]2CCCN(C(=O)Nc3ccccc3)C2)nc2ccccc21. The molecule has 1 atom stereocenters. The number of nitrogens with zero attached hydrogens (tertiary/aromatic N) is 3. The summed E-state index contributed by atoms with van der Waals surface area (Å²) in [6.07, 6.45) is 1.59. The lowest BCUT2D eigenvalue weighted by Gasteiger charge is -2.32. The number of carbonyl (C=O) groups excluding carboxylic acids is 2. The number of imidazole rings is 1. The number of para-hydroxylation sites is 3. The number of nitrogens with one attached hydrogen (secondary N) is 2. The summed E-state index contributed by atoms with van der Waals surface area (Å²) in [6, 6.07) is 17.1. The van der Waals surface area contributed by atoms with Crippen LogP contribution in [0.5, 0.6) is 0 Å². The molecule has 2 heterocycles. The van der Waals surface area contributed by atoms with E-state index in [1.54, 1.807) is 4.90 Å². The highest BCUT2D eigenvalue weighted by Crippen LogP contribution is 2.19. The summed E-state index contributed by atoms with van der Waals surface area (Å²) >= 11 is 0. The van der Waals surface area contributed by atoms with Gasteiger partial charge in [0.15, 0.2) is 0 Å². The number of hydrogen-bond donors (Lipinski definition) is 2. The van der Waals surface area contributed by atoms with Crippen LogP contribution >= 0.6 is 0 Å². The van der Waals surface area contributed by atoms with Crippen molar-refractivity contribution >= 4 is 28.7 Å². The molecule has 150 valence electrons. The number of amides is 3. The van der Waals surface area contributed by atoms with Gasteiger partial charge in [-0.05, 0) is 37.1 Å². The topological polar surface area (TPSA) is 79.3 Å². The Morgan fingerprint density at radius 1 is 1.10 bits per heavy atom. The molecule has 3 amide bonds. The highest BCUT2D eigenvalue weighted by atomic mass is 16.2. The molecule has 7 nitrogen and oxygen atoms in total. The van der Waals surface area contributed by atoms with Gasteiger partial charge in [0.2, 0.25) is 5.91 Å². The average molecular weight is 391 g/mol. The van der Waals surface area contributed by atoms with Gasteiger partial charge in [-0.3, -0.25) is 4.79 Å². The highest BCUT2D eigenvalue weighted by Gasteiger charge is 2.28.